The highest BCUT2D eigenvalue weighted by molar-refractivity contribution is 9.09. The molecule has 2 rings (SSSR count). The number of rotatable bonds is 1. The third kappa shape index (κ3) is 1.80. The summed E-state index contributed by atoms with van der Waals surface area (Å²) in [6, 6.07) is 0. The lowest BCUT2D eigenvalue weighted by molar-refractivity contribution is 0.450. The summed E-state index contributed by atoms with van der Waals surface area (Å²) in [5, 5.41) is 0. The van der Waals surface area contributed by atoms with Crippen molar-refractivity contribution in [1.82, 2.24) is 9.55 Å². The van der Waals surface area contributed by atoms with Gasteiger partial charge in [-0.25, -0.2) is 4.98 Å². The molecule has 0 aromatic carbocycles. The molecule has 0 saturated carbocycles. The maximum absolute atomic E-state index is 4.37. The lowest BCUT2D eigenvalue weighted by atomic mass is 9.99. The van der Waals surface area contributed by atoms with Crippen LogP contribution < -0.4 is 4.90 Å². The Balaban J connectivity index is 2.10. The highest BCUT2D eigenvalue weighted by Crippen LogP contribution is 2.25. The fourth-order valence-corrected chi connectivity index (χ4v) is 2.48. The second kappa shape index (κ2) is 3.93. The van der Waals surface area contributed by atoms with Gasteiger partial charge in [-0.1, -0.05) is 22.9 Å². The molecule has 4 heteroatoms. The Morgan fingerprint density at radius 1 is 1.57 bits per heavy atom. The lowest BCUT2D eigenvalue weighted by Crippen LogP contribution is -2.41. The molecule has 3 nitrogen and oxygen atoms in total. The summed E-state index contributed by atoms with van der Waals surface area (Å²) >= 11 is 3.73. The van der Waals surface area contributed by atoms with Crippen molar-refractivity contribution in [2.45, 2.75) is 18.2 Å². The molecule has 14 heavy (non-hydrogen) atoms. The Morgan fingerprint density at radius 2 is 2.36 bits per heavy atom. The molecule has 1 aliphatic rings. The number of alkyl halides is 1. The molecule has 0 spiro atoms. The van der Waals surface area contributed by atoms with Crippen LogP contribution in [0.2, 0.25) is 0 Å². The Labute approximate surface area is 93.2 Å². The van der Waals surface area contributed by atoms with Crippen molar-refractivity contribution in [1.29, 1.82) is 0 Å². The molecule has 1 aromatic heterocycles. The Kier molecular flexibility index (Phi) is 2.81. The largest absolute Gasteiger partial charge is 0.341 e. The van der Waals surface area contributed by atoms with Crippen LogP contribution in [0, 0.1) is 5.92 Å². The van der Waals surface area contributed by atoms with Crippen LogP contribution in [0.5, 0.6) is 0 Å². The molecule has 0 radical (unpaired) electrons. The predicted octanol–water partition coefficient (Wildman–Crippen LogP) is 2.03. The molecule has 0 amide bonds. The summed E-state index contributed by atoms with van der Waals surface area (Å²) < 4.78 is 2.08. The zero-order valence-corrected chi connectivity index (χ0v) is 10.2. The second-order valence-electron chi connectivity index (χ2n) is 4.07. The average Bonchev–Trinajstić information content (AvgIpc) is 2.57. The summed E-state index contributed by atoms with van der Waals surface area (Å²) in [6.45, 7) is 4.48. The smallest absolute Gasteiger partial charge is 0.205 e. The molecular weight excluding hydrogens is 242 g/mol. The third-order valence-electron chi connectivity index (χ3n) is 2.95. The third-order valence-corrected chi connectivity index (χ3v) is 4.14. The number of nitrogens with zero attached hydrogens (tertiary/aromatic N) is 3. The molecule has 2 heterocycles. The number of imidazole rings is 1. The van der Waals surface area contributed by atoms with E-state index in [2.05, 4.69) is 37.3 Å². The Morgan fingerprint density at radius 3 is 2.93 bits per heavy atom. The van der Waals surface area contributed by atoms with E-state index in [1.165, 1.54) is 6.42 Å². The van der Waals surface area contributed by atoms with Gasteiger partial charge >= 0.3 is 0 Å². The minimum absolute atomic E-state index is 0.591. The van der Waals surface area contributed by atoms with E-state index in [0.717, 1.165) is 25.0 Å². The first-order valence-corrected chi connectivity index (χ1v) is 5.96. The number of anilines is 1. The highest BCUT2D eigenvalue weighted by Gasteiger charge is 2.25. The van der Waals surface area contributed by atoms with Gasteiger partial charge in [0.2, 0.25) is 5.95 Å². The van der Waals surface area contributed by atoms with Crippen molar-refractivity contribution < 1.29 is 0 Å². The molecule has 0 aliphatic carbocycles. The first-order chi connectivity index (χ1) is 6.68. The first-order valence-electron chi connectivity index (χ1n) is 5.05. The Bertz CT molecular complexity index is 310. The van der Waals surface area contributed by atoms with Crippen molar-refractivity contribution in [3.63, 3.8) is 0 Å². The molecule has 1 aliphatic heterocycles. The molecule has 1 aromatic rings. The van der Waals surface area contributed by atoms with E-state index in [9.17, 15) is 0 Å². The maximum atomic E-state index is 4.37. The van der Waals surface area contributed by atoms with Crippen molar-refractivity contribution >= 4 is 21.9 Å². The van der Waals surface area contributed by atoms with E-state index >= 15 is 0 Å². The molecular formula is C10H16BrN3. The topological polar surface area (TPSA) is 21.1 Å². The molecule has 2 atom stereocenters. The zero-order chi connectivity index (χ0) is 10.1. The van der Waals surface area contributed by atoms with E-state index in [1.807, 2.05) is 19.4 Å². The van der Waals surface area contributed by atoms with E-state index in [-0.39, 0.29) is 0 Å². The van der Waals surface area contributed by atoms with E-state index < -0.39 is 0 Å². The van der Waals surface area contributed by atoms with Crippen LogP contribution in [0.3, 0.4) is 0 Å². The van der Waals surface area contributed by atoms with E-state index in [0.29, 0.717) is 4.83 Å². The summed E-state index contributed by atoms with van der Waals surface area (Å²) in [6.07, 6.45) is 5.09. The summed E-state index contributed by atoms with van der Waals surface area (Å²) in [5.74, 6) is 1.85. The molecule has 0 N–H and O–H groups in total. The molecule has 2 unspecified atom stereocenters. The fourth-order valence-electron chi connectivity index (χ4n) is 1.87. The van der Waals surface area contributed by atoms with Gasteiger partial charge in [0, 0.05) is 37.4 Å². The number of piperidine rings is 1. The van der Waals surface area contributed by atoms with Crippen molar-refractivity contribution in [3.05, 3.63) is 12.4 Å². The van der Waals surface area contributed by atoms with E-state index in [1.54, 1.807) is 0 Å². The minimum atomic E-state index is 0.591. The standard InChI is InChI=1S/C10H16BrN3/c1-8-3-5-14(7-9(8)11)10-12-4-6-13(10)2/h4,6,8-9H,3,5,7H2,1-2H3. The summed E-state index contributed by atoms with van der Waals surface area (Å²) in [5.41, 5.74) is 0. The summed E-state index contributed by atoms with van der Waals surface area (Å²) in [4.78, 5) is 7.30. The van der Waals surface area contributed by atoms with Crippen LogP contribution in [-0.4, -0.2) is 27.5 Å². The predicted molar refractivity (Wildman–Crippen MR) is 61.9 cm³/mol. The van der Waals surface area contributed by atoms with Gasteiger partial charge in [-0.2, -0.15) is 0 Å². The van der Waals surface area contributed by atoms with Crippen molar-refractivity contribution in [2.24, 2.45) is 13.0 Å². The van der Waals surface area contributed by atoms with Crippen molar-refractivity contribution in [3.8, 4) is 0 Å². The monoisotopic (exact) mass is 257 g/mol. The number of hydrogen-bond donors (Lipinski definition) is 0. The Hall–Kier alpha value is -0.510. The number of aromatic nitrogens is 2. The second-order valence-corrected chi connectivity index (χ2v) is 5.24. The van der Waals surface area contributed by atoms with Crippen LogP contribution in [0.4, 0.5) is 5.95 Å². The summed E-state index contributed by atoms with van der Waals surface area (Å²) in [7, 11) is 2.05. The molecule has 1 saturated heterocycles. The van der Waals surface area contributed by atoms with Gasteiger partial charge in [0.1, 0.15) is 0 Å². The van der Waals surface area contributed by atoms with E-state index in [4.69, 9.17) is 0 Å². The first kappa shape index (κ1) is 10.0. The van der Waals surface area contributed by atoms with Crippen LogP contribution >= 0.6 is 15.9 Å². The average molecular weight is 258 g/mol. The SMILES string of the molecule is CC1CCN(c2nccn2C)CC1Br. The fraction of sp³-hybridized carbons (Fsp3) is 0.700. The number of aryl methyl sites for hydroxylation is 1. The maximum Gasteiger partial charge on any atom is 0.205 e. The molecule has 1 fully saturated rings. The van der Waals surface area contributed by atoms with Crippen LogP contribution in [-0.2, 0) is 7.05 Å². The van der Waals surface area contributed by atoms with Crippen LogP contribution in [0.1, 0.15) is 13.3 Å². The van der Waals surface area contributed by atoms with Gasteiger partial charge in [0.25, 0.3) is 0 Å². The minimum Gasteiger partial charge on any atom is -0.341 e. The van der Waals surface area contributed by atoms with Gasteiger partial charge in [-0.3, -0.25) is 0 Å². The van der Waals surface area contributed by atoms with Gasteiger partial charge in [0.05, 0.1) is 0 Å². The van der Waals surface area contributed by atoms with Gasteiger partial charge in [-0.15, -0.1) is 0 Å². The highest BCUT2D eigenvalue weighted by atomic mass is 79.9. The zero-order valence-electron chi connectivity index (χ0n) is 8.65. The number of halogens is 1. The normalized spacial score (nSPS) is 28.1. The van der Waals surface area contributed by atoms with Gasteiger partial charge in [0.15, 0.2) is 0 Å². The quantitative estimate of drug-likeness (QED) is 0.719. The van der Waals surface area contributed by atoms with Gasteiger partial charge in [-0.05, 0) is 12.3 Å². The molecule has 78 valence electrons. The number of hydrogen-bond acceptors (Lipinski definition) is 2. The van der Waals surface area contributed by atoms with Crippen LogP contribution in [0.25, 0.3) is 0 Å². The lowest BCUT2D eigenvalue weighted by Gasteiger charge is -2.34. The van der Waals surface area contributed by atoms with Crippen LogP contribution in [0.15, 0.2) is 12.4 Å². The molecule has 0 bridgehead atoms. The van der Waals surface area contributed by atoms with Gasteiger partial charge < -0.3 is 9.47 Å². The van der Waals surface area contributed by atoms with Crippen molar-refractivity contribution in [2.75, 3.05) is 18.0 Å².